The van der Waals surface area contributed by atoms with Gasteiger partial charge < -0.3 is 0 Å². The van der Waals surface area contributed by atoms with Crippen LogP contribution in [0.4, 0.5) is 0 Å². The van der Waals surface area contributed by atoms with Crippen LogP contribution in [0.3, 0.4) is 0 Å². The summed E-state index contributed by atoms with van der Waals surface area (Å²) in [4.78, 5) is 9.75. The second-order valence-electron chi connectivity index (χ2n) is 35.0. The van der Waals surface area contributed by atoms with Gasteiger partial charge in [-0.15, -0.1) is 0 Å². The first-order valence-corrected chi connectivity index (χ1v) is 42.0. The first kappa shape index (κ1) is 70.9. The molecule has 0 saturated carbocycles. The molecule has 4 aliphatic rings. The summed E-state index contributed by atoms with van der Waals surface area (Å²) < 4.78 is 0. The molecule has 2 heteroatoms. The largest absolute Gasteiger partial charge is 0.256 e. The van der Waals surface area contributed by atoms with E-state index in [1.54, 1.807) is 0 Å². The second-order valence-corrected chi connectivity index (χ2v) is 35.0. The van der Waals surface area contributed by atoms with Gasteiger partial charge >= 0.3 is 0 Å². The van der Waals surface area contributed by atoms with Gasteiger partial charge in [0.05, 0.1) is 11.4 Å². The van der Waals surface area contributed by atoms with Gasteiger partial charge in [0.2, 0.25) is 0 Å². The Morgan fingerprint density at radius 1 is 0.220 bits per heavy atom. The molecular weight excluding hydrogens is 1420 g/mol. The maximum absolute atomic E-state index is 4.99. The lowest BCUT2D eigenvalue weighted by molar-refractivity contribution is 0.660. The van der Waals surface area contributed by atoms with Gasteiger partial charge in [-0.2, -0.15) is 0 Å². The van der Waals surface area contributed by atoms with Gasteiger partial charge in [0.1, 0.15) is 0 Å². The van der Waals surface area contributed by atoms with Crippen LogP contribution in [-0.4, -0.2) is 9.97 Å². The standard InChI is InChI=1S/C42H32.C39H29N.C35H27N/c1-25-15-20-35-36(23-25)40(28-19-21-30-29-10-6-7-14-37(29)42(2,3)38(30)24-28)32-11-4-5-12-33(32)41(35)34-22-18-27-17-16-26-9-8-13-31(34)39(26)27;1-24-16-18-32-33(22-24)36(26-17-19-29-28-12-8-9-15-34(28)39(2,3)35(29)23-26)30-13-6-7-14-31(30)37(32)38-27-11-5-4-10-25(27)20-21-40-38;1-22-15-17-28-29(20-22)33(26-11-4-5-12-27(26)34(28)32-14-8-9-19-36-32)23-16-18-25-24-10-6-7-13-30(24)35(2,3)31(25)21-23/h4-15,18-24H,16-17H2,1-3H3;4-23H,1-3H3;4-21H,1-3H3. The van der Waals surface area contributed by atoms with Gasteiger partial charge in [-0.05, 0) is 273 Å². The molecule has 4 aliphatic carbocycles. The molecule has 2 heterocycles. The molecular formula is C116H88N2. The second kappa shape index (κ2) is 27.0. The zero-order valence-corrected chi connectivity index (χ0v) is 68.2. The Balaban J connectivity index is 0.000000107. The third-order valence-corrected chi connectivity index (χ3v) is 27.1. The van der Waals surface area contributed by atoms with Crippen LogP contribution < -0.4 is 0 Å². The highest BCUT2D eigenvalue weighted by molar-refractivity contribution is 6.26. The van der Waals surface area contributed by atoms with Crippen molar-refractivity contribution in [2.24, 2.45) is 0 Å². The first-order chi connectivity index (χ1) is 57.6. The van der Waals surface area contributed by atoms with Crippen LogP contribution in [0.15, 0.2) is 346 Å². The number of nitrogens with zero attached hydrogens (tertiary/aromatic N) is 2. The smallest absolute Gasteiger partial charge is 0.0792 e. The summed E-state index contributed by atoms with van der Waals surface area (Å²) in [6.45, 7) is 20.8. The van der Waals surface area contributed by atoms with Gasteiger partial charge in [0, 0.05) is 45.2 Å². The molecule has 2 aromatic heterocycles. The number of hydrogen-bond donors (Lipinski definition) is 0. The Hall–Kier alpha value is -13.7. The molecule has 0 saturated heterocycles. The molecule has 0 fully saturated rings. The summed E-state index contributed by atoms with van der Waals surface area (Å²) in [6.07, 6.45) is 6.13. The van der Waals surface area contributed by atoms with Crippen molar-refractivity contribution in [3.8, 4) is 100 Å². The summed E-state index contributed by atoms with van der Waals surface area (Å²) >= 11 is 0. The minimum Gasteiger partial charge on any atom is -0.256 e. The Labute approximate surface area is 690 Å². The van der Waals surface area contributed by atoms with E-state index < -0.39 is 0 Å². The fourth-order valence-electron chi connectivity index (χ4n) is 21.5. The van der Waals surface area contributed by atoms with Crippen molar-refractivity contribution < 1.29 is 0 Å². The van der Waals surface area contributed by atoms with Gasteiger partial charge in [-0.3, -0.25) is 9.97 Å². The van der Waals surface area contributed by atoms with Crippen molar-refractivity contribution in [2.45, 2.75) is 91.4 Å². The molecule has 18 aromatic carbocycles. The Bertz CT molecular complexity index is 7660. The molecule has 0 amide bonds. The zero-order valence-electron chi connectivity index (χ0n) is 68.2. The first-order valence-electron chi connectivity index (χ1n) is 42.0. The third-order valence-electron chi connectivity index (χ3n) is 27.1. The van der Waals surface area contributed by atoms with E-state index in [0.29, 0.717) is 0 Å². The Morgan fingerprint density at radius 3 is 1.04 bits per heavy atom. The van der Waals surface area contributed by atoms with Crippen molar-refractivity contribution in [3.05, 3.63) is 407 Å². The van der Waals surface area contributed by atoms with Crippen molar-refractivity contribution in [3.63, 3.8) is 0 Å². The molecule has 0 unspecified atom stereocenters. The normalized spacial score (nSPS) is 13.9. The van der Waals surface area contributed by atoms with Crippen LogP contribution in [0.1, 0.15) is 103 Å². The maximum atomic E-state index is 4.99. The van der Waals surface area contributed by atoms with Crippen LogP contribution in [0, 0.1) is 20.8 Å². The molecule has 0 aliphatic heterocycles. The molecule has 0 radical (unpaired) electrons. The number of aromatic nitrogens is 2. The molecule has 562 valence electrons. The quantitative estimate of drug-likeness (QED) is 0.155. The molecule has 0 spiro atoms. The Morgan fingerprint density at radius 2 is 0.576 bits per heavy atom. The average Bonchev–Trinajstić information content (AvgIpc) is 1.14. The van der Waals surface area contributed by atoms with E-state index in [1.807, 2.05) is 18.5 Å². The molecule has 0 bridgehead atoms. The number of rotatable bonds is 6. The van der Waals surface area contributed by atoms with Gasteiger partial charge in [-0.25, -0.2) is 0 Å². The van der Waals surface area contributed by atoms with Crippen LogP contribution in [-0.2, 0) is 29.1 Å². The van der Waals surface area contributed by atoms with E-state index in [4.69, 9.17) is 9.97 Å². The fraction of sp³-hybridized carbons (Fsp3) is 0.121. The van der Waals surface area contributed by atoms with E-state index in [0.717, 1.165) is 24.2 Å². The average molecular weight is 1510 g/mol. The topological polar surface area (TPSA) is 25.8 Å². The number of hydrogen-bond acceptors (Lipinski definition) is 2. The predicted octanol–water partition coefficient (Wildman–Crippen LogP) is 31.0. The summed E-state index contributed by atoms with van der Waals surface area (Å²) in [7, 11) is 0. The molecule has 20 aromatic rings. The lowest BCUT2D eigenvalue weighted by atomic mass is 9.80. The highest BCUT2D eigenvalue weighted by atomic mass is 14.7. The number of benzene rings is 18. The van der Waals surface area contributed by atoms with Gasteiger partial charge in [-0.1, -0.05) is 355 Å². The minimum atomic E-state index is -0.0454. The highest BCUT2D eigenvalue weighted by Crippen LogP contribution is 2.57. The monoisotopic (exact) mass is 1510 g/mol. The fourth-order valence-corrected chi connectivity index (χ4v) is 21.5. The van der Waals surface area contributed by atoms with E-state index in [-0.39, 0.29) is 16.2 Å². The molecule has 0 atom stereocenters. The summed E-state index contributed by atoms with van der Waals surface area (Å²) in [6, 6.07) is 124. The molecule has 0 N–H and O–H groups in total. The highest BCUT2D eigenvalue weighted by Gasteiger charge is 2.39. The van der Waals surface area contributed by atoms with E-state index in [2.05, 4.69) is 390 Å². The van der Waals surface area contributed by atoms with E-state index >= 15 is 0 Å². The number of fused-ring (bicyclic) bond motifs is 16. The molecule has 118 heavy (non-hydrogen) atoms. The molecule has 24 rings (SSSR count). The van der Waals surface area contributed by atoms with Gasteiger partial charge in [0.15, 0.2) is 0 Å². The van der Waals surface area contributed by atoms with E-state index in [1.165, 1.54) is 236 Å². The lowest BCUT2D eigenvalue weighted by Crippen LogP contribution is -2.14. The number of aryl methyl sites for hydroxylation is 5. The molecule has 2 nitrogen and oxygen atoms in total. The summed E-state index contributed by atoms with van der Waals surface area (Å²) in [5.41, 5.74) is 38.3. The van der Waals surface area contributed by atoms with E-state index in [9.17, 15) is 0 Å². The van der Waals surface area contributed by atoms with Crippen LogP contribution in [0.25, 0.3) is 187 Å². The number of pyridine rings is 2. The predicted molar refractivity (Wildman–Crippen MR) is 502 cm³/mol. The summed E-state index contributed by atoms with van der Waals surface area (Å²) in [5.74, 6) is 0. The van der Waals surface area contributed by atoms with Crippen molar-refractivity contribution >= 4 is 86.2 Å². The Kier molecular flexibility index (Phi) is 16.2. The SMILES string of the molecule is Cc1ccc2c(-c3ccc4c5c(cccc35)CC4)c3ccccc3c(-c3ccc4c(c3)C(C)(C)c3ccccc3-4)c2c1.Cc1ccc2c(-c3ccccn3)c3ccccc3c(-c3ccc4c(c3)C(C)(C)c3ccccc3-4)c2c1.Cc1ccc2c(-c3nccc4ccccc34)c3ccccc3c(-c3ccc4c(c3)C(C)(C)c3ccccc3-4)c2c1. The summed E-state index contributed by atoms with van der Waals surface area (Å²) in [5, 5.41) is 20.6. The van der Waals surface area contributed by atoms with Crippen molar-refractivity contribution in [2.75, 3.05) is 0 Å². The van der Waals surface area contributed by atoms with Crippen molar-refractivity contribution in [1.82, 2.24) is 9.97 Å². The maximum Gasteiger partial charge on any atom is 0.0792 e. The van der Waals surface area contributed by atoms with Crippen LogP contribution in [0.5, 0.6) is 0 Å². The lowest BCUT2D eigenvalue weighted by Gasteiger charge is -2.23. The van der Waals surface area contributed by atoms with Crippen LogP contribution >= 0.6 is 0 Å². The van der Waals surface area contributed by atoms with Crippen molar-refractivity contribution in [1.29, 1.82) is 0 Å². The minimum absolute atomic E-state index is 0.0304. The van der Waals surface area contributed by atoms with Crippen LogP contribution in [0.2, 0.25) is 0 Å². The third kappa shape index (κ3) is 10.8. The van der Waals surface area contributed by atoms with Gasteiger partial charge in [0.25, 0.3) is 0 Å². The zero-order chi connectivity index (χ0) is 79.6.